The number of hydrogen-bond donors (Lipinski definition) is 0. The first kappa shape index (κ1) is 20.8. The molecular weight excluding hydrogens is 279 g/mol. The van der Waals surface area contributed by atoms with E-state index < -0.39 is 0 Å². The van der Waals surface area contributed by atoms with Crippen molar-refractivity contribution in [3.05, 3.63) is 24.1 Å². The molecular formula is C19H31FO2. The van der Waals surface area contributed by atoms with Gasteiger partial charge in [0.25, 0.3) is 0 Å². The van der Waals surface area contributed by atoms with E-state index >= 15 is 0 Å². The van der Waals surface area contributed by atoms with Crippen molar-refractivity contribution in [2.75, 3.05) is 0 Å². The minimum Gasteiger partial charge on any atom is -0.299 e. The van der Waals surface area contributed by atoms with Crippen molar-refractivity contribution in [2.45, 2.75) is 79.1 Å². The van der Waals surface area contributed by atoms with E-state index in [9.17, 15) is 14.0 Å². The standard InChI is InChI=1S/C19H31FO2/c1-16(21)12-11-14-17(20)13-9-7-5-6-8-10-15-18(22)19(2,3)4/h11-12,14H,5-10,13,15H2,1-4H3/b12-11+,17-14+. The lowest BCUT2D eigenvalue weighted by atomic mass is 9.88. The number of Topliss-reactive ketones (excluding diaryl/α,β-unsaturated/α-hetero) is 1. The molecule has 0 bridgehead atoms. The van der Waals surface area contributed by atoms with Gasteiger partial charge >= 0.3 is 0 Å². The minimum absolute atomic E-state index is 0.0750. The molecule has 0 unspecified atom stereocenters. The number of carbonyl (C=O) groups is 2. The van der Waals surface area contributed by atoms with E-state index in [2.05, 4.69) is 0 Å². The van der Waals surface area contributed by atoms with Crippen LogP contribution in [0.3, 0.4) is 0 Å². The molecule has 0 aromatic carbocycles. The predicted molar refractivity (Wildman–Crippen MR) is 90.4 cm³/mol. The molecule has 0 saturated carbocycles. The van der Waals surface area contributed by atoms with E-state index in [1.807, 2.05) is 20.8 Å². The van der Waals surface area contributed by atoms with Crippen LogP contribution in [0, 0.1) is 5.41 Å². The Morgan fingerprint density at radius 3 is 1.91 bits per heavy atom. The third-order valence-electron chi connectivity index (χ3n) is 3.51. The Balaban J connectivity index is 3.55. The first-order chi connectivity index (χ1) is 10.2. The zero-order valence-electron chi connectivity index (χ0n) is 14.6. The molecule has 0 aromatic heterocycles. The van der Waals surface area contributed by atoms with Crippen molar-refractivity contribution in [3.8, 4) is 0 Å². The lowest BCUT2D eigenvalue weighted by molar-refractivity contribution is -0.126. The average molecular weight is 310 g/mol. The number of ketones is 2. The van der Waals surface area contributed by atoms with E-state index in [-0.39, 0.29) is 17.0 Å². The van der Waals surface area contributed by atoms with Gasteiger partial charge in [-0.25, -0.2) is 4.39 Å². The molecule has 0 aliphatic heterocycles. The maximum Gasteiger partial charge on any atom is 0.152 e. The van der Waals surface area contributed by atoms with Crippen molar-refractivity contribution in [1.29, 1.82) is 0 Å². The fraction of sp³-hybridized carbons (Fsp3) is 0.684. The van der Waals surface area contributed by atoms with E-state index in [1.54, 1.807) is 0 Å². The highest BCUT2D eigenvalue weighted by Crippen LogP contribution is 2.19. The van der Waals surface area contributed by atoms with E-state index in [0.29, 0.717) is 18.6 Å². The smallest absolute Gasteiger partial charge is 0.152 e. The summed E-state index contributed by atoms with van der Waals surface area (Å²) in [6.07, 6.45) is 11.3. The van der Waals surface area contributed by atoms with Gasteiger partial charge in [-0.15, -0.1) is 0 Å². The molecule has 0 aliphatic carbocycles. The van der Waals surface area contributed by atoms with Crippen LogP contribution in [-0.2, 0) is 9.59 Å². The zero-order chi connectivity index (χ0) is 17.0. The highest BCUT2D eigenvalue weighted by Gasteiger charge is 2.19. The van der Waals surface area contributed by atoms with Gasteiger partial charge in [-0.05, 0) is 38.3 Å². The SMILES string of the molecule is CC(=O)/C=C/C=C(/F)CCCCCCCCC(=O)C(C)(C)C. The van der Waals surface area contributed by atoms with E-state index in [0.717, 1.165) is 38.5 Å². The van der Waals surface area contributed by atoms with Crippen molar-refractivity contribution >= 4 is 11.6 Å². The van der Waals surface area contributed by atoms with Crippen LogP contribution in [0.2, 0.25) is 0 Å². The molecule has 0 aromatic rings. The van der Waals surface area contributed by atoms with Crippen LogP contribution in [0.5, 0.6) is 0 Å². The molecule has 0 atom stereocenters. The molecule has 0 rings (SSSR count). The third kappa shape index (κ3) is 12.5. The second-order valence-electron chi connectivity index (χ2n) is 6.88. The van der Waals surface area contributed by atoms with Gasteiger partial charge in [0.2, 0.25) is 0 Å². The molecule has 0 spiro atoms. The highest BCUT2D eigenvalue weighted by molar-refractivity contribution is 5.87. The highest BCUT2D eigenvalue weighted by atomic mass is 19.1. The number of carbonyl (C=O) groups excluding carboxylic acids is 2. The van der Waals surface area contributed by atoms with E-state index in [1.165, 1.54) is 25.2 Å². The Kier molecular flexibility index (Phi) is 10.7. The molecule has 22 heavy (non-hydrogen) atoms. The monoisotopic (exact) mass is 310 g/mol. The zero-order valence-corrected chi connectivity index (χ0v) is 14.6. The van der Waals surface area contributed by atoms with Crippen molar-refractivity contribution in [2.24, 2.45) is 5.41 Å². The number of allylic oxidation sites excluding steroid dienone is 4. The van der Waals surface area contributed by atoms with Crippen LogP contribution < -0.4 is 0 Å². The lowest BCUT2D eigenvalue weighted by Crippen LogP contribution is -2.19. The van der Waals surface area contributed by atoms with Crippen LogP contribution in [0.25, 0.3) is 0 Å². The molecule has 0 radical (unpaired) electrons. The number of hydrogen-bond acceptors (Lipinski definition) is 2. The molecule has 126 valence electrons. The number of unbranched alkanes of at least 4 members (excludes halogenated alkanes) is 5. The Labute approximate surface area is 134 Å². The van der Waals surface area contributed by atoms with Crippen LogP contribution in [0.1, 0.15) is 79.1 Å². The molecule has 2 nitrogen and oxygen atoms in total. The number of halogens is 1. The van der Waals surface area contributed by atoms with Crippen LogP contribution in [0.15, 0.2) is 24.1 Å². The molecule has 0 heterocycles. The first-order valence-electron chi connectivity index (χ1n) is 8.30. The van der Waals surface area contributed by atoms with Gasteiger partial charge in [0.15, 0.2) is 5.78 Å². The quantitative estimate of drug-likeness (QED) is 0.278. The third-order valence-corrected chi connectivity index (χ3v) is 3.51. The normalized spacial score (nSPS) is 12.9. The first-order valence-corrected chi connectivity index (χ1v) is 8.30. The van der Waals surface area contributed by atoms with Crippen LogP contribution in [-0.4, -0.2) is 11.6 Å². The Morgan fingerprint density at radius 1 is 0.909 bits per heavy atom. The summed E-state index contributed by atoms with van der Waals surface area (Å²) in [5.41, 5.74) is -0.222. The summed E-state index contributed by atoms with van der Waals surface area (Å²) >= 11 is 0. The van der Waals surface area contributed by atoms with Gasteiger partial charge in [0, 0.05) is 11.8 Å². The molecule has 0 fully saturated rings. The van der Waals surface area contributed by atoms with Gasteiger partial charge in [-0.2, -0.15) is 0 Å². The summed E-state index contributed by atoms with van der Waals surface area (Å²) in [5.74, 6) is 0.0839. The van der Waals surface area contributed by atoms with Gasteiger partial charge < -0.3 is 0 Å². The summed E-state index contributed by atoms with van der Waals surface area (Å²) in [6, 6.07) is 0. The number of rotatable bonds is 11. The summed E-state index contributed by atoms with van der Waals surface area (Å²) in [5, 5.41) is 0. The van der Waals surface area contributed by atoms with E-state index in [4.69, 9.17) is 0 Å². The second kappa shape index (κ2) is 11.3. The Morgan fingerprint density at radius 2 is 1.41 bits per heavy atom. The second-order valence-corrected chi connectivity index (χ2v) is 6.88. The summed E-state index contributed by atoms with van der Waals surface area (Å²) in [4.78, 5) is 22.4. The van der Waals surface area contributed by atoms with Crippen molar-refractivity contribution in [3.63, 3.8) is 0 Å². The largest absolute Gasteiger partial charge is 0.299 e. The summed E-state index contributed by atoms with van der Waals surface area (Å²) in [6.45, 7) is 7.33. The molecule has 0 amide bonds. The maximum atomic E-state index is 13.3. The predicted octanol–water partition coefficient (Wildman–Crippen LogP) is 5.72. The van der Waals surface area contributed by atoms with Crippen LogP contribution >= 0.6 is 0 Å². The van der Waals surface area contributed by atoms with Gasteiger partial charge in [0.1, 0.15) is 5.78 Å². The summed E-state index contributed by atoms with van der Waals surface area (Å²) < 4.78 is 13.3. The lowest BCUT2D eigenvalue weighted by Gasteiger charge is -2.16. The van der Waals surface area contributed by atoms with Gasteiger partial charge in [-0.3, -0.25) is 9.59 Å². The van der Waals surface area contributed by atoms with Gasteiger partial charge in [0.05, 0.1) is 5.83 Å². The maximum absolute atomic E-state index is 13.3. The minimum atomic E-state index is -0.222. The van der Waals surface area contributed by atoms with Crippen molar-refractivity contribution < 1.29 is 14.0 Å². The van der Waals surface area contributed by atoms with Crippen molar-refractivity contribution in [1.82, 2.24) is 0 Å². The summed E-state index contributed by atoms with van der Waals surface area (Å²) in [7, 11) is 0. The molecule has 0 N–H and O–H groups in total. The Bertz CT molecular complexity index is 400. The van der Waals surface area contributed by atoms with Gasteiger partial charge in [-0.1, -0.05) is 52.5 Å². The molecule has 0 aliphatic rings. The molecule has 3 heteroatoms. The topological polar surface area (TPSA) is 34.1 Å². The Hall–Kier alpha value is -1.25. The van der Waals surface area contributed by atoms with Crippen LogP contribution in [0.4, 0.5) is 4.39 Å². The fourth-order valence-electron chi connectivity index (χ4n) is 2.03. The molecule has 0 saturated heterocycles. The fourth-order valence-corrected chi connectivity index (χ4v) is 2.03. The average Bonchev–Trinajstić information content (AvgIpc) is 2.39.